The van der Waals surface area contributed by atoms with Crippen molar-refractivity contribution < 1.29 is 38.6 Å². The van der Waals surface area contributed by atoms with Gasteiger partial charge in [-0.3, -0.25) is 0 Å². The van der Waals surface area contributed by atoms with E-state index in [0.717, 1.165) is 28.4 Å². The molecular weight excluding hydrogens is 564 g/mol. The minimum absolute atomic E-state index is 0.0103. The molecule has 4 N–H and O–H groups in total. The third-order valence-corrected chi connectivity index (χ3v) is 8.35. The molecule has 5 heterocycles. The van der Waals surface area contributed by atoms with E-state index in [1.54, 1.807) is 24.5 Å². The maximum absolute atomic E-state index is 14.5. The number of aromatic amines is 1. The summed E-state index contributed by atoms with van der Waals surface area (Å²) >= 11 is -0.812. The molecule has 0 radical (unpaired) electrons. The zero-order valence-corrected chi connectivity index (χ0v) is 20.6. The fraction of sp³-hybridized carbons (Fsp3) is 0.120. The number of carbonyl (C=O) groups excluding carboxylic acids is 1. The molecule has 8 nitrogen and oxygen atoms in total. The Morgan fingerprint density at radius 1 is 1.20 bits per heavy atom. The van der Waals surface area contributed by atoms with Gasteiger partial charge >= 0.3 is 212 Å². The van der Waals surface area contributed by atoms with Crippen molar-refractivity contribution in [3.05, 3.63) is 78.0 Å². The van der Waals surface area contributed by atoms with Crippen LogP contribution in [0.5, 0.6) is 11.5 Å². The van der Waals surface area contributed by atoms with Crippen LogP contribution in [-0.4, -0.2) is 29.5 Å². The third kappa shape index (κ3) is 3.83. The SMILES string of the molecule is COc1c(F)cccc1Nc1c2[nH]c3c1C(=O)NC[C@H]3[I-]Oc1ccc(cc1)Nc1cnccc1-2. The summed E-state index contributed by atoms with van der Waals surface area (Å²) in [7, 11) is 1.41. The standard InChI is InChI=1S/C25H20FIN5O3/c1-34-24-16(26)3-2-4-18(24)31-23-20-22-17(11-29-25(20)33)27-35-14-7-5-13(6-8-14)30-19-12-28-10-9-15(19)21(23)32-22/h2-10,12,17,30-32H,11H2,1H3,(H,29,33)/q-1/t17-/m1/s1. The molecule has 0 saturated heterocycles. The Hall–Kier alpha value is -3.80. The van der Waals surface area contributed by atoms with Gasteiger partial charge < -0.3 is 0 Å². The molecule has 2 aromatic carbocycles. The number of nitrogens with one attached hydrogen (secondary N) is 4. The second kappa shape index (κ2) is 8.77. The van der Waals surface area contributed by atoms with Crippen LogP contribution in [-0.2, 0) is 0 Å². The van der Waals surface area contributed by atoms with Crippen LogP contribution in [0.2, 0.25) is 0 Å². The first-order valence-electron chi connectivity index (χ1n) is 10.9. The Kier molecular flexibility index (Phi) is 5.44. The van der Waals surface area contributed by atoms with E-state index in [0.29, 0.717) is 29.2 Å². The van der Waals surface area contributed by atoms with E-state index in [1.165, 1.54) is 13.2 Å². The van der Waals surface area contributed by atoms with Crippen LogP contribution in [0.3, 0.4) is 0 Å². The van der Waals surface area contributed by atoms with Crippen molar-refractivity contribution in [3.63, 3.8) is 0 Å². The Morgan fingerprint density at radius 2 is 2.06 bits per heavy atom. The summed E-state index contributed by atoms with van der Waals surface area (Å²) in [6.45, 7) is 0.474. The van der Waals surface area contributed by atoms with Crippen molar-refractivity contribution in [3.8, 4) is 22.8 Å². The number of H-pyrrole nitrogens is 1. The molecule has 4 bridgehead atoms. The van der Waals surface area contributed by atoms with Gasteiger partial charge in [0.05, 0.1) is 0 Å². The zero-order valence-electron chi connectivity index (χ0n) is 18.5. The van der Waals surface area contributed by atoms with Crippen LogP contribution in [0.1, 0.15) is 20.0 Å². The van der Waals surface area contributed by atoms with Gasteiger partial charge in [0, 0.05) is 0 Å². The molecular formula is C25H20FIN5O3-. The molecule has 2 aromatic heterocycles. The van der Waals surface area contributed by atoms with Crippen molar-refractivity contribution in [1.82, 2.24) is 15.3 Å². The van der Waals surface area contributed by atoms with Gasteiger partial charge in [0.2, 0.25) is 0 Å². The average molecular weight is 584 g/mol. The topological polar surface area (TPSA) is 100 Å². The molecule has 0 fully saturated rings. The summed E-state index contributed by atoms with van der Waals surface area (Å²) in [6.07, 6.45) is 3.43. The summed E-state index contributed by atoms with van der Waals surface area (Å²) in [6, 6.07) is 14.3. The summed E-state index contributed by atoms with van der Waals surface area (Å²) in [5.74, 6) is 0.141. The first-order chi connectivity index (χ1) is 17.1. The number of carbonyl (C=O) groups is 1. The molecule has 10 heteroatoms. The number of pyridine rings is 1. The number of amides is 1. The number of halogens is 2. The van der Waals surface area contributed by atoms with Gasteiger partial charge in [-0.1, -0.05) is 0 Å². The van der Waals surface area contributed by atoms with Crippen LogP contribution in [0, 0.1) is 5.82 Å². The van der Waals surface area contributed by atoms with E-state index >= 15 is 0 Å². The first-order valence-corrected chi connectivity index (χ1v) is 13.0. The minimum atomic E-state index is -0.812. The Labute approximate surface area is 211 Å². The number of rotatable bonds is 3. The van der Waals surface area contributed by atoms with Crippen LogP contribution in [0.25, 0.3) is 11.3 Å². The number of ether oxygens (including phenoxy) is 1. The fourth-order valence-corrected chi connectivity index (χ4v) is 6.29. The normalized spacial score (nSPS) is 16.2. The molecule has 3 aliphatic rings. The molecule has 0 saturated carbocycles. The number of alkyl halides is 1. The van der Waals surface area contributed by atoms with Gasteiger partial charge in [-0.15, -0.1) is 0 Å². The van der Waals surface area contributed by atoms with E-state index in [9.17, 15) is 9.18 Å². The first kappa shape index (κ1) is 21.7. The molecule has 0 unspecified atom stereocenters. The molecule has 1 amide bonds. The number of aromatic nitrogens is 2. The van der Waals surface area contributed by atoms with Crippen LogP contribution < -0.4 is 45.4 Å². The summed E-state index contributed by atoms with van der Waals surface area (Å²) in [5, 5.41) is 9.70. The van der Waals surface area contributed by atoms with Crippen molar-refractivity contribution in [2.45, 2.75) is 3.92 Å². The number of benzene rings is 2. The number of hydrogen-bond acceptors (Lipinski definition) is 6. The molecule has 178 valence electrons. The fourth-order valence-electron chi connectivity index (χ4n) is 4.28. The summed E-state index contributed by atoms with van der Waals surface area (Å²) in [4.78, 5) is 21.0. The maximum atomic E-state index is 14.5. The predicted molar refractivity (Wildman–Crippen MR) is 126 cm³/mol. The van der Waals surface area contributed by atoms with Crippen molar-refractivity contribution >= 4 is 28.7 Å². The van der Waals surface area contributed by atoms with Crippen LogP contribution >= 0.6 is 0 Å². The Morgan fingerprint density at radius 3 is 2.89 bits per heavy atom. The van der Waals surface area contributed by atoms with Crippen LogP contribution in [0.4, 0.5) is 27.1 Å². The van der Waals surface area contributed by atoms with E-state index in [4.69, 9.17) is 7.80 Å². The number of anilines is 4. The number of hydrogen-bond donors (Lipinski definition) is 4. The molecule has 7 rings (SSSR count). The quantitative estimate of drug-likeness (QED) is 0.217. The van der Waals surface area contributed by atoms with Crippen molar-refractivity contribution in [2.24, 2.45) is 0 Å². The number of fused-ring (bicyclic) bond motifs is 3. The molecule has 3 aliphatic heterocycles. The second-order valence-corrected chi connectivity index (χ2v) is 10.5. The van der Waals surface area contributed by atoms with Crippen molar-refractivity contribution in [2.75, 3.05) is 24.3 Å². The predicted octanol–water partition coefficient (Wildman–Crippen LogP) is 1.89. The zero-order chi connectivity index (χ0) is 23.9. The van der Waals surface area contributed by atoms with Gasteiger partial charge in [-0.05, 0) is 0 Å². The number of para-hydroxylation sites is 1. The molecule has 0 aliphatic carbocycles. The second-order valence-electron chi connectivity index (χ2n) is 8.02. The van der Waals surface area contributed by atoms with Gasteiger partial charge in [-0.2, -0.15) is 0 Å². The number of nitrogens with zero attached hydrogens (tertiary/aromatic N) is 1. The monoisotopic (exact) mass is 584 g/mol. The van der Waals surface area contributed by atoms with Gasteiger partial charge in [0.25, 0.3) is 0 Å². The van der Waals surface area contributed by atoms with Gasteiger partial charge in [0.1, 0.15) is 0 Å². The van der Waals surface area contributed by atoms with E-state index in [2.05, 4.69) is 25.9 Å². The van der Waals surface area contributed by atoms with E-state index in [-0.39, 0.29) is 15.6 Å². The average Bonchev–Trinajstić information content (AvgIpc) is 3.25. The van der Waals surface area contributed by atoms with Crippen LogP contribution in [0.15, 0.2) is 60.9 Å². The molecule has 4 aromatic rings. The molecule has 1 atom stereocenters. The number of methoxy groups -OCH3 is 1. The summed E-state index contributed by atoms with van der Waals surface area (Å²) in [5.41, 5.74) is 5.35. The van der Waals surface area contributed by atoms with Crippen molar-refractivity contribution in [1.29, 1.82) is 0 Å². The van der Waals surface area contributed by atoms with E-state index in [1.807, 2.05) is 30.3 Å². The molecule has 0 spiro atoms. The molecule has 35 heavy (non-hydrogen) atoms. The van der Waals surface area contributed by atoms with E-state index < -0.39 is 27.4 Å². The summed E-state index contributed by atoms with van der Waals surface area (Å²) < 4.78 is 25.9. The Bertz CT molecular complexity index is 1440. The third-order valence-electron chi connectivity index (χ3n) is 5.91. The Balaban J connectivity index is 1.59. The van der Waals surface area contributed by atoms with Gasteiger partial charge in [0.15, 0.2) is 0 Å². The van der Waals surface area contributed by atoms with Gasteiger partial charge in [-0.25, -0.2) is 0 Å².